The van der Waals surface area contributed by atoms with Crippen LogP contribution in [0.1, 0.15) is 33.3 Å². The second kappa shape index (κ2) is 14.6. The number of nitrogens with zero attached hydrogens (tertiary/aromatic N) is 3. The van der Waals surface area contributed by atoms with Gasteiger partial charge in [-0.1, -0.05) is 35.4 Å². The molecule has 2 fully saturated rings. The van der Waals surface area contributed by atoms with Gasteiger partial charge in [-0.3, -0.25) is 14.4 Å². The van der Waals surface area contributed by atoms with Gasteiger partial charge in [0.1, 0.15) is 24.4 Å². The molecule has 3 rings (SSSR count). The SMILES string of the molecule is CC(=O)O[C@H]1[C@H](OC(C)=O)[C@@H](OC(C)=O)[C@](C)(O[C@H]2[C@H](O)[C@@H](CO)O[C@@H](OCc3ccccc3)[C@@H]2N=[N+]=[N-])O[C@@H]1C(=O)O. The molecule has 17 nitrogen and oxygen atoms in total. The van der Waals surface area contributed by atoms with Crippen molar-refractivity contribution in [2.24, 2.45) is 5.11 Å². The number of hydrogen-bond acceptors (Lipinski definition) is 14. The zero-order valence-corrected chi connectivity index (χ0v) is 23.7. The van der Waals surface area contributed by atoms with Gasteiger partial charge in [-0.15, -0.1) is 0 Å². The number of benzene rings is 1. The van der Waals surface area contributed by atoms with E-state index in [1.807, 2.05) is 0 Å². The first-order chi connectivity index (χ1) is 20.3. The van der Waals surface area contributed by atoms with Gasteiger partial charge >= 0.3 is 23.9 Å². The van der Waals surface area contributed by atoms with Gasteiger partial charge in [-0.05, 0) is 18.0 Å². The van der Waals surface area contributed by atoms with Gasteiger partial charge in [0, 0.05) is 25.7 Å². The summed E-state index contributed by atoms with van der Waals surface area (Å²) in [5.74, 6) is -6.92. The molecule has 10 atom stereocenters. The first-order valence-electron chi connectivity index (χ1n) is 13.1. The Kier molecular flexibility index (Phi) is 11.4. The summed E-state index contributed by atoms with van der Waals surface area (Å²) in [4.78, 5) is 51.2. The number of carbonyl (C=O) groups is 4. The molecule has 0 aliphatic carbocycles. The lowest BCUT2D eigenvalue weighted by atomic mass is 9.90. The van der Waals surface area contributed by atoms with E-state index in [0.717, 1.165) is 27.7 Å². The molecule has 1 aromatic rings. The zero-order valence-electron chi connectivity index (χ0n) is 23.7. The molecule has 43 heavy (non-hydrogen) atoms. The highest BCUT2D eigenvalue weighted by molar-refractivity contribution is 5.75. The number of aliphatic hydroxyl groups excluding tert-OH is 2. The summed E-state index contributed by atoms with van der Waals surface area (Å²) in [6.07, 6.45) is -13.6. The highest BCUT2D eigenvalue weighted by Gasteiger charge is 2.62. The van der Waals surface area contributed by atoms with Crippen molar-refractivity contribution in [2.45, 2.75) is 95.1 Å². The molecule has 2 saturated heterocycles. The summed E-state index contributed by atoms with van der Waals surface area (Å²) in [5, 5.41) is 34.7. The fourth-order valence-electron chi connectivity index (χ4n) is 4.84. The van der Waals surface area contributed by atoms with E-state index in [9.17, 15) is 40.0 Å². The smallest absolute Gasteiger partial charge is 0.337 e. The molecule has 2 heterocycles. The molecular formula is C26H33N3O14. The minimum Gasteiger partial charge on any atom is -0.479 e. The largest absolute Gasteiger partial charge is 0.479 e. The Labute approximate surface area is 245 Å². The number of rotatable bonds is 11. The summed E-state index contributed by atoms with van der Waals surface area (Å²) in [6.45, 7) is 3.29. The summed E-state index contributed by atoms with van der Waals surface area (Å²) < 4.78 is 39.1. The number of aliphatic hydroxyl groups is 2. The molecule has 0 aromatic heterocycles. The van der Waals surface area contributed by atoms with E-state index in [1.54, 1.807) is 30.3 Å². The lowest BCUT2D eigenvalue weighted by Gasteiger charge is -2.51. The van der Waals surface area contributed by atoms with Gasteiger partial charge in [0.15, 0.2) is 30.7 Å². The monoisotopic (exact) mass is 611 g/mol. The van der Waals surface area contributed by atoms with E-state index in [0.29, 0.717) is 5.56 Å². The number of carboxylic acid groups (broad SMARTS) is 1. The van der Waals surface area contributed by atoms with Crippen LogP contribution in [0.25, 0.3) is 10.4 Å². The van der Waals surface area contributed by atoms with E-state index in [4.69, 9.17) is 33.2 Å². The predicted octanol–water partition coefficient (Wildman–Crippen LogP) is 0.340. The average Bonchev–Trinajstić information content (AvgIpc) is 2.93. The highest BCUT2D eigenvalue weighted by atomic mass is 16.8. The van der Waals surface area contributed by atoms with Crippen LogP contribution in [0.3, 0.4) is 0 Å². The number of ether oxygens (including phenoxy) is 7. The number of carboxylic acids is 1. The molecule has 2 aliphatic heterocycles. The topological polar surface area (TPSA) is 242 Å². The van der Waals surface area contributed by atoms with Gasteiger partial charge in [0.25, 0.3) is 0 Å². The Morgan fingerprint density at radius 1 is 1.00 bits per heavy atom. The number of aliphatic carboxylic acids is 1. The van der Waals surface area contributed by atoms with Crippen LogP contribution >= 0.6 is 0 Å². The van der Waals surface area contributed by atoms with Crippen molar-refractivity contribution in [1.29, 1.82) is 0 Å². The fourth-order valence-corrected chi connectivity index (χ4v) is 4.84. The highest BCUT2D eigenvalue weighted by Crippen LogP contribution is 2.40. The number of esters is 3. The first kappa shape index (κ1) is 33.7. The molecule has 0 amide bonds. The van der Waals surface area contributed by atoms with Crippen LogP contribution in [0.15, 0.2) is 35.4 Å². The van der Waals surface area contributed by atoms with Crippen LogP contribution in [0.5, 0.6) is 0 Å². The van der Waals surface area contributed by atoms with Crippen LogP contribution in [-0.2, 0) is 58.9 Å². The molecule has 0 saturated carbocycles. The van der Waals surface area contributed by atoms with Gasteiger partial charge in [0.2, 0.25) is 5.79 Å². The van der Waals surface area contributed by atoms with Crippen LogP contribution in [0, 0.1) is 0 Å². The Bertz CT molecular complexity index is 1210. The van der Waals surface area contributed by atoms with Gasteiger partial charge < -0.3 is 48.5 Å². The molecule has 2 aliphatic rings. The first-order valence-corrected chi connectivity index (χ1v) is 13.1. The van der Waals surface area contributed by atoms with Crippen molar-refractivity contribution in [3.8, 4) is 0 Å². The summed E-state index contributed by atoms with van der Waals surface area (Å²) in [7, 11) is 0. The molecule has 0 unspecified atom stereocenters. The van der Waals surface area contributed by atoms with Crippen molar-refractivity contribution in [1.82, 2.24) is 0 Å². The van der Waals surface area contributed by atoms with Crippen LogP contribution in [0.4, 0.5) is 0 Å². The number of carbonyl (C=O) groups excluding carboxylic acids is 3. The van der Waals surface area contributed by atoms with Crippen molar-refractivity contribution in [3.63, 3.8) is 0 Å². The van der Waals surface area contributed by atoms with Gasteiger partial charge in [0.05, 0.1) is 13.2 Å². The second-order valence-corrected chi connectivity index (χ2v) is 9.86. The average molecular weight is 612 g/mol. The predicted molar refractivity (Wildman–Crippen MR) is 138 cm³/mol. The van der Waals surface area contributed by atoms with E-state index in [-0.39, 0.29) is 6.61 Å². The molecule has 236 valence electrons. The normalized spacial score (nSPS) is 33.9. The lowest BCUT2D eigenvalue weighted by Crippen LogP contribution is -2.71. The third-order valence-corrected chi connectivity index (χ3v) is 6.57. The quantitative estimate of drug-likeness (QED) is 0.100. The molecule has 17 heteroatoms. The summed E-state index contributed by atoms with van der Waals surface area (Å²) in [6, 6.07) is 7.32. The Balaban J connectivity index is 2.07. The van der Waals surface area contributed by atoms with Crippen molar-refractivity contribution < 1.29 is 67.7 Å². The van der Waals surface area contributed by atoms with Crippen molar-refractivity contribution >= 4 is 23.9 Å². The minimum absolute atomic E-state index is 0.0482. The van der Waals surface area contributed by atoms with Crippen molar-refractivity contribution in [3.05, 3.63) is 46.3 Å². The number of azide groups is 1. The van der Waals surface area contributed by atoms with Crippen molar-refractivity contribution in [2.75, 3.05) is 6.61 Å². The summed E-state index contributed by atoms with van der Waals surface area (Å²) >= 11 is 0. The van der Waals surface area contributed by atoms with E-state index < -0.39 is 91.3 Å². The molecular weight excluding hydrogens is 578 g/mol. The van der Waals surface area contributed by atoms with Crippen LogP contribution < -0.4 is 0 Å². The maximum absolute atomic E-state index is 12.3. The molecule has 0 radical (unpaired) electrons. The van der Waals surface area contributed by atoms with E-state index >= 15 is 0 Å². The maximum Gasteiger partial charge on any atom is 0.337 e. The molecule has 3 N–H and O–H groups in total. The Morgan fingerprint density at radius 2 is 1.60 bits per heavy atom. The Hall–Kier alpha value is -3.83. The second-order valence-electron chi connectivity index (χ2n) is 9.86. The maximum atomic E-state index is 12.3. The fraction of sp³-hybridized carbons (Fsp3) is 0.615. The standard InChI is InChI=1S/C26H33N3O14/c1-12(31)38-20-21(39-13(2)32)23(40-14(3)33)26(4,43-22(20)24(35)36)42-19-17(28-29-27)25(41-16(10-30)18(19)34)37-11-15-8-6-5-7-9-15/h5-9,16-23,25,30,34H,10-11H2,1-4H3,(H,35,36)/t16-,17-,18-,19-,20+,21+,22+,23-,25-,26-/m1/s1. The van der Waals surface area contributed by atoms with Crippen LogP contribution in [0.2, 0.25) is 0 Å². The summed E-state index contributed by atoms with van der Waals surface area (Å²) in [5.41, 5.74) is 10.0. The van der Waals surface area contributed by atoms with E-state index in [2.05, 4.69) is 10.0 Å². The third-order valence-electron chi connectivity index (χ3n) is 6.57. The molecule has 0 bridgehead atoms. The zero-order chi connectivity index (χ0) is 31.9. The molecule has 0 spiro atoms. The Morgan fingerprint density at radius 3 is 2.14 bits per heavy atom. The third kappa shape index (κ3) is 8.17. The van der Waals surface area contributed by atoms with Crippen LogP contribution in [-0.4, -0.2) is 107 Å². The lowest BCUT2D eigenvalue weighted by molar-refractivity contribution is -0.383. The number of hydrogen-bond donors (Lipinski definition) is 3. The van der Waals surface area contributed by atoms with Gasteiger partial charge in [-0.2, -0.15) is 0 Å². The van der Waals surface area contributed by atoms with Gasteiger partial charge in [-0.25, -0.2) is 4.79 Å². The van der Waals surface area contributed by atoms with E-state index in [1.165, 1.54) is 0 Å². The molecule has 1 aromatic carbocycles. The minimum atomic E-state index is -2.37.